The molecule has 2 amide bonds. The second-order valence-electron chi connectivity index (χ2n) is 4.11. The van der Waals surface area contributed by atoms with Crippen molar-refractivity contribution in [2.75, 3.05) is 13.1 Å². The van der Waals surface area contributed by atoms with Gasteiger partial charge in [-0.2, -0.15) is 0 Å². The molecule has 2 atom stereocenters. The number of amides is 2. The number of hydrogen-bond acceptors (Lipinski definition) is 4. The van der Waals surface area contributed by atoms with E-state index in [0.717, 1.165) is 19.3 Å². The molecule has 0 aromatic rings. The standard InChI is InChI=1S/C11H23N3O3/c1-2-8(5-6-12)3-4-10(16)14-7-9(15)11(13)17/h8-9,15H,2-7,12H2,1H3,(H2,13,17)(H,14,16). The first-order chi connectivity index (χ1) is 8.01. The summed E-state index contributed by atoms with van der Waals surface area (Å²) in [4.78, 5) is 21.9. The number of aliphatic hydroxyl groups is 1. The van der Waals surface area contributed by atoms with E-state index in [2.05, 4.69) is 12.2 Å². The van der Waals surface area contributed by atoms with Gasteiger partial charge in [0.2, 0.25) is 11.8 Å². The molecule has 2 unspecified atom stereocenters. The maximum atomic E-state index is 11.4. The SMILES string of the molecule is CCC(CCN)CCC(=O)NCC(O)C(N)=O. The van der Waals surface area contributed by atoms with Gasteiger partial charge in [-0.3, -0.25) is 9.59 Å². The molecule has 0 bridgehead atoms. The van der Waals surface area contributed by atoms with Gasteiger partial charge in [0.05, 0.1) is 6.54 Å². The minimum Gasteiger partial charge on any atom is -0.381 e. The number of rotatable bonds is 9. The lowest BCUT2D eigenvalue weighted by molar-refractivity contribution is -0.127. The molecule has 0 aliphatic rings. The molecule has 0 aliphatic heterocycles. The van der Waals surface area contributed by atoms with Crippen LogP contribution in [0.15, 0.2) is 0 Å². The van der Waals surface area contributed by atoms with Crippen LogP contribution in [-0.4, -0.2) is 36.1 Å². The predicted molar refractivity (Wildman–Crippen MR) is 64.9 cm³/mol. The first-order valence-corrected chi connectivity index (χ1v) is 5.95. The van der Waals surface area contributed by atoms with Crippen molar-refractivity contribution in [3.63, 3.8) is 0 Å². The molecule has 6 nitrogen and oxygen atoms in total. The number of primary amides is 1. The van der Waals surface area contributed by atoms with Crippen LogP contribution < -0.4 is 16.8 Å². The summed E-state index contributed by atoms with van der Waals surface area (Å²) in [6.45, 7) is 2.57. The summed E-state index contributed by atoms with van der Waals surface area (Å²) >= 11 is 0. The minimum atomic E-state index is -1.31. The van der Waals surface area contributed by atoms with Gasteiger partial charge < -0.3 is 21.9 Å². The second-order valence-corrected chi connectivity index (χ2v) is 4.11. The topological polar surface area (TPSA) is 118 Å². The zero-order chi connectivity index (χ0) is 13.3. The predicted octanol–water partition coefficient (Wildman–Crippen LogP) is -0.896. The molecule has 0 aromatic carbocycles. The largest absolute Gasteiger partial charge is 0.381 e. The molecule has 0 saturated carbocycles. The number of nitrogens with one attached hydrogen (secondary N) is 1. The van der Waals surface area contributed by atoms with Crippen LogP contribution in [0, 0.1) is 5.92 Å². The quantitative estimate of drug-likeness (QED) is 0.421. The van der Waals surface area contributed by atoms with Crippen LogP contribution >= 0.6 is 0 Å². The van der Waals surface area contributed by atoms with Gasteiger partial charge in [0.25, 0.3) is 0 Å². The van der Waals surface area contributed by atoms with Crippen molar-refractivity contribution >= 4 is 11.8 Å². The van der Waals surface area contributed by atoms with Crippen molar-refractivity contribution in [2.24, 2.45) is 17.4 Å². The van der Waals surface area contributed by atoms with E-state index in [4.69, 9.17) is 16.6 Å². The fourth-order valence-electron chi connectivity index (χ4n) is 1.52. The molecule has 0 radical (unpaired) electrons. The Morgan fingerprint density at radius 2 is 2.00 bits per heavy atom. The maximum absolute atomic E-state index is 11.4. The highest BCUT2D eigenvalue weighted by molar-refractivity contribution is 5.80. The smallest absolute Gasteiger partial charge is 0.248 e. The van der Waals surface area contributed by atoms with Crippen LogP contribution in [0.25, 0.3) is 0 Å². The molecule has 0 aliphatic carbocycles. The van der Waals surface area contributed by atoms with Gasteiger partial charge in [-0.1, -0.05) is 13.3 Å². The molecule has 0 rings (SSSR count). The molecule has 100 valence electrons. The van der Waals surface area contributed by atoms with Crippen molar-refractivity contribution in [3.05, 3.63) is 0 Å². The highest BCUT2D eigenvalue weighted by Crippen LogP contribution is 2.14. The Morgan fingerprint density at radius 3 is 2.47 bits per heavy atom. The van der Waals surface area contributed by atoms with E-state index < -0.39 is 12.0 Å². The van der Waals surface area contributed by atoms with Crippen molar-refractivity contribution in [3.8, 4) is 0 Å². The third kappa shape index (κ3) is 7.70. The normalized spacial score (nSPS) is 14.1. The first kappa shape index (κ1) is 15.9. The number of hydrogen-bond donors (Lipinski definition) is 4. The average Bonchev–Trinajstić information content (AvgIpc) is 2.31. The number of carbonyl (C=O) groups is 2. The molecule has 17 heavy (non-hydrogen) atoms. The lowest BCUT2D eigenvalue weighted by Crippen LogP contribution is -2.40. The summed E-state index contributed by atoms with van der Waals surface area (Å²) in [6.07, 6.45) is 1.74. The van der Waals surface area contributed by atoms with Crippen LogP contribution in [0.1, 0.15) is 32.6 Å². The van der Waals surface area contributed by atoms with Crippen molar-refractivity contribution in [1.29, 1.82) is 0 Å². The fraction of sp³-hybridized carbons (Fsp3) is 0.818. The summed E-state index contributed by atoms with van der Waals surface area (Å²) in [6, 6.07) is 0. The average molecular weight is 245 g/mol. The zero-order valence-electron chi connectivity index (χ0n) is 10.3. The van der Waals surface area contributed by atoms with Gasteiger partial charge in [0, 0.05) is 6.42 Å². The van der Waals surface area contributed by atoms with Crippen molar-refractivity contribution < 1.29 is 14.7 Å². The van der Waals surface area contributed by atoms with Crippen LogP contribution in [0.5, 0.6) is 0 Å². The molecule has 0 fully saturated rings. The summed E-state index contributed by atoms with van der Waals surface area (Å²) in [7, 11) is 0. The Bertz CT molecular complexity index is 246. The monoisotopic (exact) mass is 245 g/mol. The highest BCUT2D eigenvalue weighted by Gasteiger charge is 2.13. The van der Waals surface area contributed by atoms with Crippen LogP contribution in [0.4, 0.5) is 0 Å². The Kier molecular flexibility index (Phi) is 8.35. The zero-order valence-corrected chi connectivity index (χ0v) is 10.3. The van der Waals surface area contributed by atoms with Crippen LogP contribution in [0.2, 0.25) is 0 Å². The Morgan fingerprint density at radius 1 is 1.35 bits per heavy atom. The molecule has 0 saturated heterocycles. The molecule has 6 N–H and O–H groups in total. The lowest BCUT2D eigenvalue weighted by atomic mass is 9.96. The Labute approximate surface area is 102 Å². The fourth-order valence-corrected chi connectivity index (χ4v) is 1.52. The van der Waals surface area contributed by atoms with Gasteiger partial charge in [0.1, 0.15) is 6.10 Å². The highest BCUT2D eigenvalue weighted by atomic mass is 16.3. The first-order valence-electron chi connectivity index (χ1n) is 5.95. The molecular formula is C11H23N3O3. The van der Waals surface area contributed by atoms with Gasteiger partial charge in [0.15, 0.2) is 0 Å². The van der Waals surface area contributed by atoms with E-state index in [9.17, 15) is 9.59 Å². The second kappa shape index (κ2) is 8.95. The van der Waals surface area contributed by atoms with E-state index >= 15 is 0 Å². The molecule has 6 heteroatoms. The van der Waals surface area contributed by atoms with E-state index in [1.165, 1.54) is 0 Å². The summed E-state index contributed by atoms with van der Waals surface area (Å²) in [5.41, 5.74) is 10.3. The molecule has 0 heterocycles. The Balaban J connectivity index is 3.75. The third-order valence-corrected chi connectivity index (χ3v) is 2.75. The van der Waals surface area contributed by atoms with E-state index in [-0.39, 0.29) is 12.5 Å². The van der Waals surface area contributed by atoms with E-state index in [1.807, 2.05) is 0 Å². The maximum Gasteiger partial charge on any atom is 0.248 e. The molecule has 0 spiro atoms. The summed E-state index contributed by atoms with van der Waals surface area (Å²) in [5, 5.41) is 11.5. The minimum absolute atomic E-state index is 0.123. The number of carbonyl (C=O) groups excluding carboxylic acids is 2. The van der Waals surface area contributed by atoms with E-state index in [1.54, 1.807) is 0 Å². The lowest BCUT2D eigenvalue weighted by Gasteiger charge is -2.13. The number of nitrogens with two attached hydrogens (primary N) is 2. The van der Waals surface area contributed by atoms with Crippen molar-refractivity contribution in [2.45, 2.75) is 38.7 Å². The molecular weight excluding hydrogens is 222 g/mol. The van der Waals surface area contributed by atoms with Gasteiger partial charge in [-0.15, -0.1) is 0 Å². The van der Waals surface area contributed by atoms with Crippen molar-refractivity contribution in [1.82, 2.24) is 5.32 Å². The van der Waals surface area contributed by atoms with Crippen LogP contribution in [0.3, 0.4) is 0 Å². The third-order valence-electron chi connectivity index (χ3n) is 2.75. The Hall–Kier alpha value is -1.14. The van der Waals surface area contributed by atoms with E-state index in [0.29, 0.717) is 18.9 Å². The summed E-state index contributed by atoms with van der Waals surface area (Å²) in [5.74, 6) is -0.563. The van der Waals surface area contributed by atoms with Gasteiger partial charge in [-0.05, 0) is 25.3 Å². The summed E-state index contributed by atoms with van der Waals surface area (Å²) < 4.78 is 0. The molecule has 0 aromatic heterocycles. The number of aliphatic hydroxyl groups excluding tert-OH is 1. The van der Waals surface area contributed by atoms with Gasteiger partial charge >= 0.3 is 0 Å². The van der Waals surface area contributed by atoms with Gasteiger partial charge in [-0.25, -0.2) is 0 Å². The van der Waals surface area contributed by atoms with Crippen LogP contribution in [-0.2, 0) is 9.59 Å².